The number of ether oxygens (including phenoxy) is 2. The molecule has 1 aliphatic heterocycles. The van der Waals surface area contributed by atoms with Gasteiger partial charge in [-0.3, -0.25) is 0 Å². The quantitative estimate of drug-likeness (QED) is 0.541. The molecule has 0 atom stereocenters. The molecule has 0 radical (unpaired) electrons. The molecule has 9 heteroatoms. The van der Waals surface area contributed by atoms with Crippen LogP contribution >= 0.6 is 11.3 Å². The lowest BCUT2D eigenvalue weighted by Crippen LogP contribution is -2.39. The van der Waals surface area contributed by atoms with E-state index >= 15 is 0 Å². The van der Waals surface area contributed by atoms with Gasteiger partial charge in [0.15, 0.2) is 15.0 Å². The third-order valence-corrected chi connectivity index (χ3v) is 8.61. The molecular weight excluding hydrogens is 439 g/mol. The second kappa shape index (κ2) is 8.84. The Morgan fingerprint density at radius 3 is 2.55 bits per heavy atom. The molecule has 6 nitrogen and oxygen atoms in total. The van der Waals surface area contributed by atoms with Crippen LogP contribution in [0, 0.1) is 5.82 Å². The van der Waals surface area contributed by atoms with Crippen LogP contribution in [0.25, 0.3) is 11.3 Å². The number of piperidine rings is 1. The molecule has 0 N–H and O–H groups in total. The molecule has 1 saturated heterocycles. The second-order valence-corrected chi connectivity index (χ2v) is 10.3. The minimum absolute atomic E-state index is 0.0501. The predicted molar refractivity (Wildman–Crippen MR) is 119 cm³/mol. The van der Waals surface area contributed by atoms with E-state index in [1.54, 1.807) is 14.2 Å². The zero-order chi connectivity index (χ0) is 22.0. The molecule has 0 amide bonds. The van der Waals surface area contributed by atoms with Crippen LogP contribution in [0.4, 0.5) is 9.52 Å². The number of hydrogen-bond acceptors (Lipinski definition) is 7. The number of thiazole rings is 1. The highest BCUT2D eigenvalue weighted by molar-refractivity contribution is 7.92. The van der Waals surface area contributed by atoms with Gasteiger partial charge in [0.25, 0.3) is 0 Å². The largest absolute Gasteiger partial charge is 0.497 e. The van der Waals surface area contributed by atoms with Crippen LogP contribution in [0.1, 0.15) is 12.8 Å². The Bertz CT molecular complexity index is 1170. The summed E-state index contributed by atoms with van der Waals surface area (Å²) in [6.45, 7) is 1.15. The molecule has 0 saturated carbocycles. The van der Waals surface area contributed by atoms with Crippen molar-refractivity contribution in [3.8, 4) is 22.8 Å². The van der Waals surface area contributed by atoms with Crippen molar-refractivity contribution in [1.29, 1.82) is 0 Å². The Kier molecular flexibility index (Phi) is 6.15. The molecule has 1 fully saturated rings. The molecule has 164 valence electrons. The monoisotopic (exact) mass is 462 g/mol. The van der Waals surface area contributed by atoms with E-state index in [-0.39, 0.29) is 4.90 Å². The van der Waals surface area contributed by atoms with Gasteiger partial charge < -0.3 is 14.4 Å². The zero-order valence-corrected chi connectivity index (χ0v) is 18.9. The predicted octanol–water partition coefficient (Wildman–Crippen LogP) is 4.41. The van der Waals surface area contributed by atoms with Crippen LogP contribution in [0.15, 0.2) is 52.7 Å². The van der Waals surface area contributed by atoms with Gasteiger partial charge in [-0.1, -0.05) is 6.07 Å². The van der Waals surface area contributed by atoms with Crippen molar-refractivity contribution in [3.05, 3.63) is 53.7 Å². The second-order valence-electron chi connectivity index (χ2n) is 7.27. The number of rotatable bonds is 6. The lowest BCUT2D eigenvalue weighted by atomic mass is 10.1. The Morgan fingerprint density at radius 2 is 1.87 bits per heavy atom. The maximum absolute atomic E-state index is 13.5. The molecule has 1 aliphatic rings. The number of sulfone groups is 1. The van der Waals surface area contributed by atoms with Crippen molar-refractivity contribution in [3.63, 3.8) is 0 Å². The summed E-state index contributed by atoms with van der Waals surface area (Å²) < 4.78 is 50.0. The molecule has 1 aromatic heterocycles. The van der Waals surface area contributed by atoms with Crippen molar-refractivity contribution < 1.29 is 22.3 Å². The lowest BCUT2D eigenvalue weighted by Gasteiger charge is -2.31. The van der Waals surface area contributed by atoms with E-state index in [2.05, 4.69) is 4.90 Å². The maximum atomic E-state index is 13.5. The van der Waals surface area contributed by atoms with Crippen molar-refractivity contribution in [2.24, 2.45) is 0 Å². The number of anilines is 1. The van der Waals surface area contributed by atoms with E-state index in [9.17, 15) is 12.8 Å². The SMILES string of the molecule is COc1ccc(-c2csc(N3CCC(S(=O)(=O)c4cccc(F)c4)CC3)n2)c(OC)c1. The highest BCUT2D eigenvalue weighted by Crippen LogP contribution is 2.36. The molecule has 2 aromatic carbocycles. The molecule has 0 spiro atoms. The molecule has 0 bridgehead atoms. The Balaban J connectivity index is 1.48. The van der Waals surface area contributed by atoms with E-state index < -0.39 is 20.9 Å². The normalized spacial score (nSPS) is 15.1. The van der Waals surface area contributed by atoms with Crippen LogP contribution in [-0.4, -0.2) is 46.0 Å². The van der Waals surface area contributed by atoms with Crippen LogP contribution in [0.5, 0.6) is 11.5 Å². The average Bonchev–Trinajstić information content (AvgIpc) is 3.28. The van der Waals surface area contributed by atoms with Gasteiger partial charge in [0.1, 0.15) is 17.3 Å². The van der Waals surface area contributed by atoms with Gasteiger partial charge in [-0.15, -0.1) is 11.3 Å². The van der Waals surface area contributed by atoms with E-state index in [0.29, 0.717) is 37.4 Å². The summed E-state index contributed by atoms with van der Waals surface area (Å²) in [6, 6.07) is 10.8. The van der Waals surface area contributed by atoms with Crippen LogP contribution < -0.4 is 14.4 Å². The Morgan fingerprint density at radius 1 is 1.10 bits per heavy atom. The first-order chi connectivity index (χ1) is 14.9. The number of hydrogen-bond donors (Lipinski definition) is 0. The van der Waals surface area contributed by atoms with E-state index in [1.165, 1.54) is 29.5 Å². The molecule has 0 aliphatic carbocycles. The van der Waals surface area contributed by atoms with Gasteiger partial charge in [-0.05, 0) is 43.2 Å². The standard InChI is InChI=1S/C22H23FN2O4S2/c1-28-16-6-7-19(21(13-16)29-2)20-14-30-22(24-20)25-10-8-17(9-11-25)31(26,27)18-5-3-4-15(23)12-18/h3-7,12-14,17H,8-11H2,1-2H3. The molecule has 31 heavy (non-hydrogen) atoms. The fraction of sp³-hybridized carbons (Fsp3) is 0.318. The smallest absolute Gasteiger partial charge is 0.185 e. The number of aromatic nitrogens is 1. The summed E-state index contributed by atoms with van der Waals surface area (Å²) in [5.74, 6) is 0.844. The summed E-state index contributed by atoms with van der Waals surface area (Å²) in [7, 11) is -0.344. The highest BCUT2D eigenvalue weighted by Gasteiger charge is 2.32. The number of nitrogens with zero attached hydrogens (tertiary/aromatic N) is 2. The van der Waals surface area contributed by atoms with E-state index in [0.717, 1.165) is 22.5 Å². The first-order valence-electron chi connectivity index (χ1n) is 9.84. The van der Waals surface area contributed by atoms with Crippen molar-refractivity contribution in [2.75, 3.05) is 32.2 Å². The van der Waals surface area contributed by atoms with Gasteiger partial charge in [0, 0.05) is 30.1 Å². The third-order valence-electron chi connectivity index (χ3n) is 5.45. The summed E-state index contributed by atoms with van der Waals surface area (Å²) in [6.07, 6.45) is 0.944. The van der Waals surface area contributed by atoms with Gasteiger partial charge in [-0.25, -0.2) is 17.8 Å². The van der Waals surface area contributed by atoms with E-state index in [4.69, 9.17) is 14.5 Å². The van der Waals surface area contributed by atoms with Crippen LogP contribution in [0.3, 0.4) is 0 Å². The van der Waals surface area contributed by atoms with Crippen molar-refractivity contribution >= 4 is 26.3 Å². The first-order valence-corrected chi connectivity index (χ1v) is 12.3. The van der Waals surface area contributed by atoms with Gasteiger partial charge in [-0.2, -0.15) is 0 Å². The Labute approximate surface area is 185 Å². The van der Waals surface area contributed by atoms with Crippen molar-refractivity contribution in [2.45, 2.75) is 23.0 Å². The van der Waals surface area contributed by atoms with Crippen LogP contribution in [-0.2, 0) is 9.84 Å². The van der Waals surface area contributed by atoms with Gasteiger partial charge in [0.2, 0.25) is 0 Å². The van der Waals surface area contributed by atoms with Crippen molar-refractivity contribution in [1.82, 2.24) is 4.98 Å². The molecular formula is C22H23FN2O4S2. The summed E-state index contributed by atoms with van der Waals surface area (Å²) in [4.78, 5) is 6.90. The minimum atomic E-state index is -3.56. The van der Waals surface area contributed by atoms with Gasteiger partial charge in [0.05, 0.1) is 30.1 Å². The summed E-state index contributed by atoms with van der Waals surface area (Å²) in [5, 5.41) is 2.29. The number of benzene rings is 2. The average molecular weight is 463 g/mol. The molecule has 4 rings (SSSR count). The fourth-order valence-electron chi connectivity index (χ4n) is 3.74. The molecule has 3 aromatic rings. The summed E-state index contributed by atoms with van der Waals surface area (Å²) in [5.41, 5.74) is 1.67. The van der Waals surface area contributed by atoms with E-state index in [1.807, 2.05) is 23.6 Å². The number of methoxy groups -OCH3 is 2. The minimum Gasteiger partial charge on any atom is -0.497 e. The molecule has 2 heterocycles. The number of halogens is 1. The topological polar surface area (TPSA) is 68.7 Å². The van der Waals surface area contributed by atoms with Crippen LogP contribution in [0.2, 0.25) is 0 Å². The first kappa shape index (κ1) is 21.6. The highest BCUT2D eigenvalue weighted by atomic mass is 32.2. The molecule has 0 unspecified atom stereocenters. The fourth-order valence-corrected chi connectivity index (χ4v) is 6.38. The third kappa shape index (κ3) is 4.38. The Hall–Kier alpha value is -2.65. The van der Waals surface area contributed by atoms with Gasteiger partial charge >= 0.3 is 0 Å². The lowest BCUT2D eigenvalue weighted by molar-refractivity contribution is 0.395. The zero-order valence-electron chi connectivity index (χ0n) is 17.2. The maximum Gasteiger partial charge on any atom is 0.185 e. The summed E-state index contributed by atoms with van der Waals surface area (Å²) >= 11 is 1.52.